The summed E-state index contributed by atoms with van der Waals surface area (Å²) in [6.07, 6.45) is 6.00. The Balaban J connectivity index is 1.13. The second-order valence-corrected chi connectivity index (χ2v) is 9.68. The molecule has 164 valence electrons. The van der Waals surface area contributed by atoms with Crippen LogP contribution in [-0.4, -0.2) is 52.2 Å². The highest BCUT2D eigenvalue weighted by Crippen LogP contribution is 2.27. The van der Waals surface area contributed by atoms with Crippen LogP contribution in [0.4, 0.5) is 0 Å². The van der Waals surface area contributed by atoms with Gasteiger partial charge in [0, 0.05) is 51.5 Å². The van der Waals surface area contributed by atoms with Gasteiger partial charge in [-0.2, -0.15) is 4.98 Å². The molecule has 1 unspecified atom stereocenters. The second kappa shape index (κ2) is 9.44. The van der Waals surface area contributed by atoms with Gasteiger partial charge in [-0.25, -0.2) is 4.98 Å². The molecule has 1 amide bonds. The van der Waals surface area contributed by atoms with E-state index in [1.165, 1.54) is 4.70 Å². The van der Waals surface area contributed by atoms with E-state index in [1.54, 1.807) is 11.3 Å². The SMILES string of the molecule is O=C(CCc1nc2ccccc2s1)N1CCCC(Cc2nc(C3CCOCC3)no2)C1. The van der Waals surface area contributed by atoms with Crippen molar-refractivity contribution >= 4 is 27.5 Å². The van der Waals surface area contributed by atoms with E-state index in [0.29, 0.717) is 30.6 Å². The number of hydrogen-bond donors (Lipinski definition) is 0. The maximum Gasteiger partial charge on any atom is 0.226 e. The Kier molecular flexibility index (Phi) is 6.27. The molecular weight excluding hydrogens is 412 g/mol. The first-order chi connectivity index (χ1) is 15.2. The van der Waals surface area contributed by atoms with Crippen LogP contribution in [0.2, 0.25) is 0 Å². The maximum absolute atomic E-state index is 12.8. The number of piperidine rings is 1. The van der Waals surface area contributed by atoms with Crippen LogP contribution in [0.15, 0.2) is 28.8 Å². The predicted molar refractivity (Wildman–Crippen MR) is 118 cm³/mol. The number of carbonyl (C=O) groups excluding carboxylic acids is 1. The largest absolute Gasteiger partial charge is 0.381 e. The molecule has 8 heteroatoms. The number of nitrogens with zero attached hydrogens (tertiary/aromatic N) is 4. The third kappa shape index (κ3) is 4.96. The number of carbonyl (C=O) groups is 1. The molecule has 0 radical (unpaired) electrons. The Hall–Kier alpha value is -2.32. The lowest BCUT2D eigenvalue weighted by Gasteiger charge is -2.32. The lowest BCUT2D eigenvalue weighted by Crippen LogP contribution is -2.40. The van der Waals surface area contributed by atoms with E-state index in [4.69, 9.17) is 9.26 Å². The lowest BCUT2D eigenvalue weighted by molar-refractivity contribution is -0.133. The first kappa shape index (κ1) is 20.6. The van der Waals surface area contributed by atoms with Gasteiger partial charge in [0.25, 0.3) is 0 Å². The first-order valence-electron chi connectivity index (χ1n) is 11.3. The molecule has 0 saturated carbocycles. The zero-order valence-electron chi connectivity index (χ0n) is 17.7. The van der Waals surface area contributed by atoms with E-state index in [2.05, 4.69) is 21.2 Å². The Morgan fingerprint density at radius 2 is 2.03 bits per heavy atom. The van der Waals surface area contributed by atoms with Crippen LogP contribution >= 0.6 is 11.3 Å². The lowest BCUT2D eigenvalue weighted by atomic mass is 9.94. The van der Waals surface area contributed by atoms with Crippen LogP contribution in [0, 0.1) is 5.92 Å². The highest BCUT2D eigenvalue weighted by atomic mass is 32.1. The molecule has 2 saturated heterocycles. The van der Waals surface area contributed by atoms with Gasteiger partial charge in [-0.15, -0.1) is 11.3 Å². The average Bonchev–Trinajstić information content (AvgIpc) is 3.45. The molecule has 3 aromatic rings. The molecule has 4 heterocycles. The zero-order valence-corrected chi connectivity index (χ0v) is 18.5. The molecule has 0 aliphatic carbocycles. The van der Waals surface area contributed by atoms with Crippen molar-refractivity contribution in [2.24, 2.45) is 5.92 Å². The van der Waals surface area contributed by atoms with Gasteiger partial charge >= 0.3 is 0 Å². The Morgan fingerprint density at radius 3 is 2.90 bits per heavy atom. The number of thiazole rings is 1. The van der Waals surface area contributed by atoms with E-state index in [1.807, 2.05) is 23.1 Å². The van der Waals surface area contributed by atoms with Crippen molar-refractivity contribution in [1.82, 2.24) is 20.0 Å². The van der Waals surface area contributed by atoms with Crippen molar-refractivity contribution in [1.29, 1.82) is 0 Å². The summed E-state index contributed by atoms with van der Waals surface area (Å²) in [6, 6.07) is 8.13. The van der Waals surface area contributed by atoms with Gasteiger partial charge in [0.15, 0.2) is 5.82 Å². The second-order valence-electron chi connectivity index (χ2n) is 8.56. The first-order valence-corrected chi connectivity index (χ1v) is 12.1. The van der Waals surface area contributed by atoms with Gasteiger partial charge < -0.3 is 14.2 Å². The summed E-state index contributed by atoms with van der Waals surface area (Å²) in [5, 5.41) is 5.25. The van der Waals surface area contributed by atoms with E-state index in [-0.39, 0.29) is 5.91 Å². The molecule has 0 bridgehead atoms. The van der Waals surface area contributed by atoms with Gasteiger partial charge in [0.2, 0.25) is 11.8 Å². The molecule has 2 aliphatic rings. The molecule has 0 N–H and O–H groups in total. The number of aryl methyl sites for hydroxylation is 1. The number of hydrogen-bond acceptors (Lipinski definition) is 7. The number of benzene rings is 1. The van der Waals surface area contributed by atoms with Crippen molar-refractivity contribution in [2.45, 2.75) is 50.9 Å². The number of amides is 1. The fourth-order valence-electron chi connectivity index (χ4n) is 4.58. The minimum absolute atomic E-state index is 0.220. The molecule has 7 nitrogen and oxygen atoms in total. The van der Waals surface area contributed by atoms with E-state index in [9.17, 15) is 4.79 Å². The number of aromatic nitrogens is 3. The summed E-state index contributed by atoms with van der Waals surface area (Å²) in [4.78, 5) is 24.2. The topological polar surface area (TPSA) is 81.4 Å². The zero-order chi connectivity index (χ0) is 21.0. The minimum Gasteiger partial charge on any atom is -0.381 e. The van der Waals surface area contributed by atoms with Crippen LogP contribution in [0.25, 0.3) is 10.2 Å². The smallest absolute Gasteiger partial charge is 0.226 e. The third-order valence-corrected chi connectivity index (χ3v) is 7.39. The van der Waals surface area contributed by atoms with Crippen molar-refractivity contribution in [2.75, 3.05) is 26.3 Å². The number of para-hydroxylation sites is 1. The molecule has 1 aromatic carbocycles. The molecule has 1 atom stereocenters. The van der Waals surface area contributed by atoms with Crippen molar-refractivity contribution in [3.8, 4) is 0 Å². The monoisotopic (exact) mass is 440 g/mol. The van der Waals surface area contributed by atoms with Crippen LogP contribution in [0.3, 0.4) is 0 Å². The molecule has 2 aliphatic heterocycles. The molecule has 2 fully saturated rings. The van der Waals surface area contributed by atoms with Crippen LogP contribution < -0.4 is 0 Å². The third-order valence-electron chi connectivity index (χ3n) is 6.30. The molecular formula is C23H28N4O3S. The minimum atomic E-state index is 0.220. The fraction of sp³-hybridized carbons (Fsp3) is 0.565. The highest BCUT2D eigenvalue weighted by molar-refractivity contribution is 7.18. The summed E-state index contributed by atoms with van der Waals surface area (Å²) in [6.45, 7) is 3.15. The van der Waals surface area contributed by atoms with Gasteiger partial charge in [-0.1, -0.05) is 17.3 Å². The van der Waals surface area contributed by atoms with Gasteiger partial charge in [0.05, 0.1) is 15.2 Å². The quantitative estimate of drug-likeness (QED) is 0.577. The highest BCUT2D eigenvalue weighted by Gasteiger charge is 2.27. The molecule has 0 spiro atoms. The van der Waals surface area contributed by atoms with Gasteiger partial charge in [-0.05, 0) is 43.7 Å². The van der Waals surface area contributed by atoms with Gasteiger partial charge in [0.1, 0.15) is 0 Å². The van der Waals surface area contributed by atoms with Crippen LogP contribution in [-0.2, 0) is 22.4 Å². The Bertz CT molecular complexity index is 994. The Morgan fingerprint density at radius 1 is 1.16 bits per heavy atom. The van der Waals surface area contributed by atoms with Crippen LogP contribution in [0.5, 0.6) is 0 Å². The predicted octanol–water partition coefficient (Wildman–Crippen LogP) is 3.99. The van der Waals surface area contributed by atoms with Gasteiger partial charge in [-0.3, -0.25) is 4.79 Å². The van der Waals surface area contributed by atoms with Crippen LogP contribution in [0.1, 0.15) is 54.7 Å². The van der Waals surface area contributed by atoms with Crippen molar-refractivity contribution in [3.63, 3.8) is 0 Å². The normalized spacial score (nSPS) is 20.4. The van der Waals surface area contributed by atoms with Crippen molar-refractivity contribution < 1.29 is 14.1 Å². The van der Waals surface area contributed by atoms with E-state index < -0.39 is 0 Å². The number of ether oxygens (including phenoxy) is 1. The standard InChI is InChI=1S/C23H28N4O3S/c28-22(8-7-21-24-18-5-1-2-6-19(18)31-21)27-11-3-4-16(15-27)14-20-25-23(26-30-20)17-9-12-29-13-10-17/h1-2,5-6,16-17H,3-4,7-15H2. The maximum atomic E-state index is 12.8. The number of fused-ring (bicyclic) bond motifs is 1. The summed E-state index contributed by atoms with van der Waals surface area (Å²) in [7, 11) is 0. The molecule has 5 rings (SSSR count). The summed E-state index contributed by atoms with van der Waals surface area (Å²) >= 11 is 1.68. The van der Waals surface area contributed by atoms with E-state index >= 15 is 0 Å². The molecule has 31 heavy (non-hydrogen) atoms. The summed E-state index contributed by atoms with van der Waals surface area (Å²) in [5.74, 6) is 2.46. The van der Waals surface area contributed by atoms with Crippen molar-refractivity contribution in [3.05, 3.63) is 41.0 Å². The average molecular weight is 441 g/mol. The number of likely N-dealkylation sites (tertiary alicyclic amines) is 1. The Labute approximate surface area is 185 Å². The van der Waals surface area contributed by atoms with E-state index in [0.717, 1.165) is 74.8 Å². The number of rotatable bonds is 6. The summed E-state index contributed by atoms with van der Waals surface area (Å²) < 4.78 is 12.1. The summed E-state index contributed by atoms with van der Waals surface area (Å²) in [5.41, 5.74) is 1.02. The fourth-order valence-corrected chi connectivity index (χ4v) is 5.54. The molecule has 2 aromatic heterocycles.